The fraction of sp³-hybridized carbons (Fsp3) is 0.182. The summed E-state index contributed by atoms with van der Waals surface area (Å²) in [6.45, 7) is 0.825. The number of nitrogens with one attached hydrogen (secondary N) is 1. The molecule has 0 aliphatic rings. The van der Waals surface area contributed by atoms with Crippen molar-refractivity contribution in [3.63, 3.8) is 0 Å². The highest BCUT2D eigenvalue weighted by molar-refractivity contribution is 5.55. The normalized spacial score (nSPS) is 10.2. The van der Waals surface area contributed by atoms with E-state index in [0.29, 0.717) is 0 Å². The monoisotopic (exact) mass is 172 g/mol. The lowest BCUT2D eigenvalue weighted by atomic mass is 10.1. The lowest BCUT2D eigenvalue weighted by Gasteiger charge is -2.03. The first-order valence-corrected chi connectivity index (χ1v) is 4.17. The number of nitriles is 1. The molecule has 0 unspecified atom stereocenters. The number of allylic oxidation sites excluding steroid dienone is 1. The summed E-state index contributed by atoms with van der Waals surface area (Å²) in [7, 11) is 1.91. The Kier molecular flexibility index (Phi) is 3.74. The van der Waals surface area contributed by atoms with Gasteiger partial charge in [-0.25, -0.2) is 0 Å². The van der Waals surface area contributed by atoms with Gasteiger partial charge >= 0.3 is 0 Å². The third-order valence-corrected chi connectivity index (χ3v) is 1.76. The van der Waals surface area contributed by atoms with Crippen molar-refractivity contribution in [1.29, 1.82) is 5.26 Å². The van der Waals surface area contributed by atoms with Crippen molar-refractivity contribution in [2.75, 3.05) is 7.05 Å². The highest BCUT2D eigenvalue weighted by atomic mass is 14.8. The van der Waals surface area contributed by atoms with Crippen molar-refractivity contribution in [3.05, 3.63) is 41.5 Å². The Labute approximate surface area is 78.5 Å². The molecule has 1 aromatic carbocycles. The van der Waals surface area contributed by atoms with E-state index in [2.05, 4.69) is 5.32 Å². The molecule has 0 aliphatic carbocycles. The molecule has 2 heteroatoms. The van der Waals surface area contributed by atoms with Gasteiger partial charge in [0.05, 0.1) is 6.07 Å². The highest BCUT2D eigenvalue weighted by Crippen LogP contribution is 2.09. The fourth-order valence-corrected chi connectivity index (χ4v) is 1.18. The molecule has 0 aromatic heterocycles. The van der Waals surface area contributed by atoms with Crippen molar-refractivity contribution in [3.8, 4) is 6.07 Å². The maximum Gasteiger partial charge on any atom is 0.0912 e. The van der Waals surface area contributed by atoms with Crippen molar-refractivity contribution in [1.82, 2.24) is 5.32 Å². The van der Waals surface area contributed by atoms with Crippen molar-refractivity contribution < 1.29 is 0 Å². The van der Waals surface area contributed by atoms with Crippen molar-refractivity contribution in [2.45, 2.75) is 6.54 Å². The van der Waals surface area contributed by atoms with Crippen molar-refractivity contribution >= 4 is 6.08 Å². The molecule has 0 saturated heterocycles. The number of rotatable bonds is 3. The highest BCUT2D eigenvalue weighted by Gasteiger charge is 1.95. The number of hydrogen-bond acceptors (Lipinski definition) is 2. The van der Waals surface area contributed by atoms with E-state index in [1.807, 2.05) is 43.5 Å². The van der Waals surface area contributed by atoms with Gasteiger partial charge in [0.25, 0.3) is 0 Å². The quantitative estimate of drug-likeness (QED) is 0.707. The van der Waals surface area contributed by atoms with Crippen LogP contribution in [-0.2, 0) is 6.54 Å². The van der Waals surface area contributed by atoms with Gasteiger partial charge in [0, 0.05) is 12.6 Å². The second kappa shape index (κ2) is 5.13. The SMILES string of the molecule is CNCc1ccccc1C=CC#N. The first kappa shape index (κ1) is 9.50. The molecule has 2 nitrogen and oxygen atoms in total. The minimum Gasteiger partial charge on any atom is -0.316 e. The molecule has 1 N–H and O–H groups in total. The molecular weight excluding hydrogens is 160 g/mol. The Hall–Kier alpha value is -1.59. The van der Waals surface area contributed by atoms with Gasteiger partial charge in [0.2, 0.25) is 0 Å². The van der Waals surface area contributed by atoms with E-state index in [9.17, 15) is 0 Å². The number of nitrogens with zero attached hydrogens (tertiary/aromatic N) is 1. The van der Waals surface area contributed by atoms with Gasteiger partial charge in [-0.15, -0.1) is 0 Å². The third kappa shape index (κ3) is 2.73. The predicted octanol–water partition coefficient (Wildman–Crippen LogP) is 1.94. The summed E-state index contributed by atoms with van der Waals surface area (Å²) in [5.74, 6) is 0. The van der Waals surface area contributed by atoms with E-state index < -0.39 is 0 Å². The van der Waals surface area contributed by atoms with Gasteiger partial charge in [0.15, 0.2) is 0 Å². The minimum absolute atomic E-state index is 0.825. The van der Waals surface area contributed by atoms with Crippen LogP contribution in [0.3, 0.4) is 0 Å². The lowest BCUT2D eigenvalue weighted by molar-refractivity contribution is 0.816. The molecule has 0 radical (unpaired) electrons. The molecule has 1 rings (SSSR count). The van der Waals surface area contributed by atoms with E-state index in [1.165, 1.54) is 11.6 Å². The molecule has 1 aromatic rings. The Morgan fingerprint density at radius 1 is 1.46 bits per heavy atom. The Balaban J connectivity index is 2.92. The molecule has 0 fully saturated rings. The van der Waals surface area contributed by atoms with Crippen LogP contribution in [0, 0.1) is 11.3 Å². The van der Waals surface area contributed by atoms with E-state index in [-0.39, 0.29) is 0 Å². The molecule has 66 valence electrons. The third-order valence-electron chi connectivity index (χ3n) is 1.76. The Bertz CT molecular complexity index is 334. The number of benzene rings is 1. The molecule has 0 atom stereocenters. The molecule has 0 spiro atoms. The standard InChI is InChI=1S/C11H12N2/c1-13-9-11-6-3-2-5-10(11)7-4-8-12/h2-7,13H,9H2,1H3. The Morgan fingerprint density at radius 3 is 2.92 bits per heavy atom. The molecule has 0 aliphatic heterocycles. The molecule has 0 amide bonds. The van der Waals surface area contributed by atoms with Gasteiger partial charge in [-0.2, -0.15) is 5.26 Å². The summed E-state index contributed by atoms with van der Waals surface area (Å²) in [5.41, 5.74) is 2.30. The second-order valence-corrected chi connectivity index (χ2v) is 2.69. The molecule has 0 heterocycles. The molecular formula is C11H12N2. The van der Waals surface area contributed by atoms with Crippen LogP contribution >= 0.6 is 0 Å². The van der Waals surface area contributed by atoms with Crippen LogP contribution < -0.4 is 5.32 Å². The fourth-order valence-electron chi connectivity index (χ4n) is 1.18. The smallest absolute Gasteiger partial charge is 0.0912 e. The summed E-state index contributed by atoms with van der Waals surface area (Å²) >= 11 is 0. The van der Waals surface area contributed by atoms with Crippen LogP contribution in [0.4, 0.5) is 0 Å². The topological polar surface area (TPSA) is 35.8 Å². The summed E-state index contributed by atoms with van der Waals surface area (Å²) in [6, 6.07) is 10.00. The number of hydrogen-bond donors (Lipinski definition) is 1. The second-order valence-electron chi connectivity index (χ2n) is 2.69. The zero-order chi connectivity index (χ0) is 9.52. The van der Waals surface area contributed by atoms with E-state index >= 15 is 0 Å². The van der Waals surface area contributed by atoms with Crippen LogP contribution in [-0.4, -0.2) is 7.05 Å². The van der Waals surface area contributed by atoms with E-state index in [0.717, 1.165) is 12.1 Å². The largest absolute Gasteiger partial charge is 0.316 e. The first-order valence-electron chi connectivity index (χ1n) is 4.17. The summed E-state index contributed by atoms with van der Waals surface area (Å²) in [5, 5.41) is 11.5. The maximum atomic E-state index is 8.40. The van der Waals surface area contributed by atoms with Gasteiger partial charge in [-0.1, -0.05) is 24.3 Å². The molecule has 13 heavy (non-hydrogen) atoms. The molecule has 0 saturated carbocycles. The van der Waals surface area contributed by atoms with Gasteiger partial charge < -0.3 is 5.32 Å². The summed E-state index contributed by atoms with van der Waals surface area (Å²) < 4.78 is 0. The van der Waals surface area contributed by atoms with Crippen molar-refractivity contribution in [2.24, 2.45) is 0 Å². The van der Waals surface area contributed by atoms with Crippen LogP contribution in [0.25, 0.3) is 6.08 Å². The first-order chi connectivity index (χ1) is 6.38. The molecule has 0 bridgehead atoms. The maximum absolute atomic E-state index is 8.40. The van der Waals surface area contributed by atoms with Gasteiger partial charge in [0.1, 0.15) is 0 Å². The van der Waals surface area contributed by atoms with Crippen LogP contribution in [0.15, 0.2) is 30.3 Å². The summed E-state index contributed by atoms with van der Waals surface area (Å²) in [6.07, 6.45) is 3.32. The van der Waals surface area contributed by atoms with Gasteiger partial charge in [-0.05, 0) is 24.3 Å². The van der Waals surface area contributed by atoms with E-state index in [1.54, 1.807) is 0 Å². The predicted molar refractivity (Wildman–Crippen MR) is 53.9 cm³/mol. The lowest BCUT2D eigenvalue weighted by Crippen LogP contribution is -2.06. The minimum atomic E-state index is 0.825. The van der Waals surface area contributed by atoms with Crippen LogP contribution in [0.1, 0.15) is 11.1 Å². The summed E-state index contributed by atoms with van der Waals surface area (Å²) in [4.78, 5) is 0. The average Bonchev–Trinajstić information content (AvgIpc) is 2.17. The van der Waals surface area contributed by atoms with Crippen LogP contribution in [0.5, 0.6) is 0 Å². The zero-order valence-corrected chi connectivity index (χ0v) is 7.62. The van der Waals surface area contributed by atoms with Crippen LogP contribution in [0.2, 0.25) is 0 Å². The van der Waals surface area contributed by atoms with Gasteiger partial charge in [-0.3, -0.25) is 0 Å². The zero-order valence-electron chi connectivity index (χ0n) is 7.62. The average molecular weight is 172 g/mol. The Morgan fingerprint density at radius 2 is 2.23 bits per heavy atom. The van der Waals surface area contributed by atoms with E-state index in [4.69, 9.17) is 5.26 Å².